The molecule has 0 aliphatic heterocycles. The Balaban J connectivity index is -0.000000218. The fraction of sp³-hybridized carbons (Fsp3) is 0.636. The summed E-state index contributed by atoms with van der Waals surface area (Å²) in [6, 6.07) is 0. The van der Waals surface area contributed by atoms with Gasteiger partial charge in [0.15, 0.2) is 0 Å². The van der Waals surface area contributed by atoms with E-state index in [0.717, 1.165) is 0 Å². The number of rotatable bonds is 3. The van der Waals surface area contributed by atoms with Crippen LogP contribution in [0.1, 0.15) is 41.5 Å². The molecule has 0 radical (unpaired) electrons. The van der Waals surface area contributed by atoms with E-state index >= 15 is 0 Å². The molecule has 0 saturated carbocycles. The van der Waals surface area contributed by atoms with Crippen molar-refractivity contribution in [2.24, 2.45) is 5.92 Å². The second-order valence-electron chi connectivity index (χ2n) is 2.14. The zero-order valence-corrected chi connectivity index (χ0v) is 9.81. The van der Waals surface area contributed by atoms with E-state index < -0.39 is 0 Å². The van der Waals surface area contributed by atoms with Gasteiger partial charge in [-0.1, -0.05) is 41.5 Å². The monoisotopic (exact) mass is 184 g/mol. The minimum atomic E-state index is 0.265. The van der Waals surface area contributed by atoms with Gasteiger partial charge in [-0.05, 0) is 18.1 Å². The normalized spacial score (nSPS) is 8.23. The lowest BCUT2D eigenvalue weighted by Gasteiger charge is -1.98. The van der Waals surface area contributed by atoms with Gasteiger partial charge in [0.2, 0.25) is 0 Å². The molecule has 0 rings (SSSR count). The number of hydrogen-bond donors (Lipinski definition) is 2. The first-order valence-electron chi connectivity index (χ1n) is 4.94. The smallest absolute Gasteiger partial charge is 0.0339 e. The molecule has 0 aromatic heterocycles. The molecule has 13 heavy (non-hydrogen) atoms. The molecule has 0 fully saturated rings. The predicted molar refractivity (Wildman–Crippen MR) is 63.2 cm³/mol. The molecule has 0 bridgehead atoms. The summed E-state index contributed by atoms with van der Waals surface area (Å²) in [7, 11) is 0. The lowest BCUT2D eigenvalue weighted by atomic mass is 10.1. The highest BCUT2D eigenvalue weighted by molar-refractivity contribution is 5.96. The summed E-state index contributed by atoms with van der Waals surface area (Å²) in [5.74, 6) is 0.265. The van der Waals surface area contributed by atoms with Crippen molar-refractivity contribution < 1.29 is 0 Å². The van der Waals surface area contributed by atoms with Crippen LogP contribution in [0.4, 0.5) is 0 Å². The summed E-state index contributed by atoms with van der Waals surface area (Å²) in [6.45, 7) is 11.9. The molecular weight excluding hydrogens is 160 g/mol. The molecule has 2 N–H and O–H groups in total. The second-order valence-corrected chi connectivity index (χ2v) is 2.14. The van der Waals surface area contributed by atoms with Crippen molar-refractivity contribution in [3.8, 4) is 0 Å². The molecule has 0 spiro atoms. The fourth-order valence-corrected chi connectivity index (χ4v) is 0.344. The van der Waals surface area contributed by atoms with E-state index in [-0.39, 0.29) is 5.92 Å². The SMILES string of the molecule is CC.CC.CC(C)C(=N)/C=C\C=N. The van der Waals surface area contributed by atoms with Crippen molar-refractivity contribution in [2.75, 3.05) is 0 Å². The summed E-state index contributed by atoms with van der Waals surface area (Å²) in [5, 5.41) is 13.9. The van der Waals surface area contributed by atoms with Crippen LogP contribution >= 0.6 is 0 Å². The van der Waals surface area contributed by atoms with Crippen LogP contribution in [0.25, 0.3) is 0 Å². The molecule has 0 amide bonds. The Bertz CT molecular complexity index is 135. The predicted octanol–water partition coefficient (Wildman–Crippen LogP) is 3.92. The summed E-state index contributed by atoms with van der Waals surface area (Å²) >= 11 is 0. The summed E-state index contributed by atoms with van der Waals surface area (Å²) in [4.78, 5) is 0. The maximum Gasteiger partial charge on any atom is 0.0339 e. The van der Waals surface area contributed by atoms with Crippen LogP contribution in [0.5, 0.6) is 0 Å². The molecule has 0 aromatic carbocycles. The van der Waals surface area contributed by atoms with Crippen LogP contribution in [0.15, 0.2) is 12.2 Å². The summed E-state index contributed by atoms with van der Waals surface area (Å²) in [5.41, 5.74) is 0.568. The van der Waals surface area contributed by atoms with Gasteiger partial charge in [0.25, 0.3) is 0 Å². The van der Waals surface area contributed by atoms with E-state index in [9.17, 15) is 0 Å². The van der Waals surface area contributed by atoms with Gasteiger partial charge in [-0.2, -0.15) is 0 Å². The van der Waals surface area contributed by atoms with Gasteiger partial charge < -0.3 is 10.8 Å². The van der Waals surface area contributed by atoms with Gasteiger partial charge >= 0.3 is 0 Å². The van der Waals surface area contributed by atoms with Crippen LogP contribution < -0.4 is 0 Å². The largest absolute Gasteiger partial charge is 0.309 e. The highest BCUT2D eigenvalue weighted by Gasteiger charge is 1.94. The maximum atomic E-state index is 7.26. The molecular formula is C11H24N2. The number of nitrogens with one attached hydrogen (secondary N) is 2. The second kappa shape index (κ2) is 17.2. The quantitative estimate of drug-likeness (QED) is 0.625. The third kappa shape index (κ3) is 18.2. The lowest BCUT2D eigenvalue weighted by Crippen LogP contribution is -2.00. The molecule has 0 aliphatic carbocycles. The Morgan fingerprint density at radius 2 is 1.46 bits per heavy atom. The van der Waals surface area contributed by atoms with E-state index in [2.05, 4.69) is 0 Å². The Morgan fingerprint density at radius 3 is 1.69 bits per heavy atom. The first kappa shape index (κ1) is 18.0. The molecule has 0 aromatic rings. The van der Waals surface area contributed by atoms with E-state index in [1.54, 1.807) is 12.2 Å². The van der Waals surface area contributed by atoms with Crippen molar-refractivity contribution >= 4 is 11.9 Å². The van der Waals surface area contributed by atoms with Crippen LogP contribution in [0.3, 0.4) is 0 Å². The third-order valence-corrected chi connectivity index (χ3v) is 0.994. The number of hydrogen-bond acceptors (Lipinski definition) is 2. The van der Waals surface area contributed by atoms with Gasteiger partial charge in [0.1, 0.15) is 0 Å². The number of allylic oxidation sites excluding steroid dienone is 2. The van der Waals surface area contributed by atoms with Gasteiger partial charge in [-0.15, -0.1) is 0 Å². The van der Waals surface area contributed by atoms with E-state index in [1.165, 1.54) is 6.21 Å². The van der Waals surface area contributed by atoms with Crippen molar-refractivity contribution in [3.05, 3.63) is 12.2 Å². The first-order chi connectivity index (χ1) is 6.18. The molecule has 78 valence electrons. The topological polar surface area (TPSA) is 47.7 Å². The third-order valence-electron chi connectivity index (χ3n) is 0.994. The van der Waals surface area contributed by atoms with E-state index in [0.29, 0.717) is 5.71 Å². The molecule has 0 heterocycles. The fourth-order valence-electron chi connectivity index (χ4n) is 0.344. The van der Waals surface area contributed by atoms with Crippen LogP contribution in [0, 0.1) is 16.7 Å². The zero-order chi connectivity index (χ0) is 11.3. The van der Waals surface area contributed by atoms with Crippen LogP contribution in [-0.4, -0.2) is 11.9 Å². The summed E-state index contributed by atoms with van der Waals surface area (Å²) < 4.78 is 0. The van der Waals surface area contributed by atoms with Crippen molar-refractivity contribution in [3.63, 3.8) is 0 Å². The van der Waals surface area contributed by atoms with Gasteiger partial charge in [0.05, 0.1) is 0 Å². The van der Waals surface area contributed by atoms with E-state index in [4.69, 9.17) is 10.8 Å². The Labute approximate surface area is 83.1 Å². The van der Waals surface area contributed by atoms with Crippen molar-refractivity contribution in [1.29, 1.82) is 10.8 Å². The Hall–Kier alpha value is -0.920. The average Bonchev–Trinajstić information content (AvgIpc) is 2.20. The highest BCUT2D eigenvalue weighted by atomic mass is 14.4. The van der Waals surface area contributed by atoms with E-state index in [1.807, 2.05) is 41.5 Å². The average molecular weight is 184 g/mol. The van der Waals surface area contributed by atoms with Crippen molar-refractivity contribution in [2.45, 2.75) is 41.5 Å². The Morgan fingerprint density at radius 1 is 1.08 bits per heavy atom. The summed E-state index contributed by atoms with van der Waals surface area (Å²) in [6.07, 6.45) is 4.37. The van der Waals surface area contributed by atoms with Crippen molar-refractivity contribution in [1.82, 2.24) is 0 Å². The molecule has 0 aliphatic rings. The lowest BCUT2D eigenvalue weighted by molar-refractivity contribution is 0.882. The molecule has 2 nitrogen and oxygen atoms in total. The van der Waals surface area contributed by atoms with Crippen LogP contribution in [-0.2, 0) is 0 Å². The first-order valence-corrected chi connectivity index (χ1v) is 4.94. The maximum absolute atomic E-state index is 7.26. The molecule has 2 heteroatoms. The highest BCUT2D eigenvalue weighted by Crippen LogP contribution is 1.94. The minimum absolute atomic E-state index is 0.265. The van der Waals surface area contributed by atoms with Gasteiger partial charge in [-0.3, -0.25) is 0 Å². The minimum Gasteiger partial charge on any atom is -0.309 e. The molecule has 0 unspecified atom stereocenters. The standard InChI is InChI=1S/C7H12N2.2C2H6/c1-6(2)7(9)4-3-5-8;2*1-2/h3-6,8-9H,1-2H3;2*1-2H3/b4-3-,8-5?,9-7?;;. The Kier molecular flexibility index (Phi) is 23.9. The zero-order valence-electron chi connectivity index (χ0n) is 9.81. The van der Waals surface area contributed by atoms with Gasteiger partial charge in [-0.25, -0.2) is 0 Å². The van der Waals surface area contributed by atoms with Crippen LogP contribution in [0.2, 0.25) is 0 Å². The molecule has 0 saturated heterocycles. The molecule has 0 atom stereocenters. The van der Waals surface area contributed by atoms with Gasteiger partial charge in [0, 0.05) is 11.9 Å².